The van der Waals surface area contributed by atoms with Gasteiger partial charge in [0.1, 0.15) is 0 Å². The first kappa shape index (κ1) is 21.1. The summed E-state index contributed by atoms with van der Waals surface area (Å²) in [6.45, 7) is 5.79. The Morgan fingerprint density at radius 1 is 1.07 bits per heavy atom. The second-order valence-corrected chi connectivity index (χ2v) is 8.03. The van der Waals surface area contributed by atoms with Crippen LogP contribution in [0.4, 0.5) is 13.2 Å². The summed E-state index contributed by atoms with van der Waals surface area (Å²) in [5.41, 5.74) is 0.267. The highest BCUT2D eigenvalue weighted by molar-refractivity contribution is 5.81. The summed E-state index contributed by atoms with van der Waals surface area (Å²) in [5, 5.41) is 3.20. The Hall–Kier alpha value is -1.60. The molecule has 0 aromatic heterocycles. The fraction of sp³-hybridized carbons (Fsp3) is 0.667. The molecular weight excluding hydrogens is 367 g/mol. The molecule has 1 saturated heterocycles. The quantitative estimate of drug-likeness (QED) is 0.824. The first-order valence-corrected chi connectivity index (χ1v) is 10.3. The van der Waals surface area contributed by atoms with Gasteiger partial charge in [-0.25, -0.2) is 0 Å². The molecule has 1 aromatic carbocycles. The van der Waals surface area contributed by atoms with E-state index in [-0.39, 0.29) is 11.9 Å². The fourth-order valence-corrected chi connectivity index (χ4v) is 4.10. The van der Waals surface area contributed by atoms with E-state index in [1.165, 1.54) is 19.3 Å². The van der Waals surface area contributed by atoms with E-state index in [0.717, 1.165) is 56.7 Å². The topological polar surface area (TPSA) is 35.6 Å². The van der Waals surface area contributed by atoms with Crippen LogP contribution < -0.4 is 5.32 Å². The molecule has 7 heteroatoms. The molecule has 0 radical (unpaired) electrons. The van der Waals surface area contributed by atoms with E-state index in [1.54, 1.807) is 12.1 Å². The number of hydrogen-bond acceptors (Lipinski definition) is 3. The molecule has 1 N–H and O–H groups in total. The molecule has 1 heterocycles. The van der Waals surface area contributed by atoms with E-state index >= 15 is 0 Å². The van der Waals surface area contributed by atoms with Crippen LogP contribution in [0.2, 0.25) is 0 Å². The maximum atomic E-state index is 12.7. The summed E-state index contributed by atoms with van der Waals surface area (Å²) in [7, 11) is 0. The Kier molecular flexibility index (Phi) is 6.99. The third kappa shape index (κ3) is 5.70. The zero-order valence-electron chi connectivity index (χ0n) is 16.5. The molecule has 3 rings (SSSR count). The zero-order chi connectivity index (χ0) is 20.1. The maximum absolute atomic E-state index is 12.7. The Morgan fingerprint density at radius 2 is 1.68 bits per heavy atom. The monoisotopic (exact) mass is 397 g/mol. The highest BCUT2D eigenvalue weighted by atomic mass is 19.4. The summed E-state index contributed by atoms with van der Waals surface area (Å²) in [4.78, 5) is 17.0. The Labute approximate surface area is 165 Å². The number of carbonyl (C=O) groups excluding carboxylic acids is 1. The molecule has 2 fully saturated rings. The van der Waals surface area contributed by atoms with Crippen LogP contribution in [0.25, 0.3) is 0 Å². The third-order valence-corrected chi connectivity index (χ3v) is 5.97. The van der Waals surface area contributed by atoms with Gasteiger partial charge in [0, 0.05) is 38.8 Å². The van der Waals surface area contributed by atoms with Gasteiger partial charge in [0.25, 0.3) is 0 Å². The second kappa shape index (κ2) is 9.27. The molecule has 28 heavy (non-hydrogen) atoms. The van der Waals surface area contributed by atoms with Gasteiger partial charge < -0.3 is 5.32 Å². The fourth-order valence-electron chi connectivity index (χ4n) is 4.10. The minimum absolute atomic E-state index is 0.114. The molecule has 1 aliphatic heterocycles. The molecule has 2 aliphatic rings. The normalized spacial score (nSPS) is 21.4. The molecule has 1 aromatic rings. The van der Waals surface area contributed by atoms with Crippen LogP contribution in [0.1, 0.15) is 50.2 Å². The molecule has 1 amide bonds. The number of nitrogens with zero attached hydrogens (tertiary/aromatic N) is 2. The van der Waals surface area contributed by atoms with E-state index in [2.05, 4.69) is 15.1 Å². The summed E-state index contributed by atoms with van der Waals surface area (Å²) >= 11 is 0. The number of benzene rings is 1. The average molecular weight is 397 g/mol. The van der Waals surface area contributed by atoms with Crippen LogP contribution in [0.5, 0.6) is 0 Å². The first-order valence-electron chi connectivity index (χ1n) is 10.3. The highest BCUT2D eigenvalue weighted by Gasteiger charge is 2.30. The van der Waals surface area contributed by atoms with Crippen molar-refractivity contribution >= 4 is 5.91 Å². The number of rotatable bonds is 5. The van der Waals surface area contributed by atoms with Crippen LogP contribution in [-0.2, 0) is 17.5 Å². The van der Waals surface area contributed by atoms with Gasteiger partial charge in [-0.15, -0.1) is 0 Å². The number of amides is 1. The molecule has 1 saturated carbocycles. The van der Waals surface area contributed by atoms with Crippen LogP contribution in [0.15, 0.2) is 24.3 Å². The molecule has 4 nitrogen and oxygen atoms in total. The van der Waals surface area contributed by atoms with Crippen LogP contribution in [0.3, 0.4) is 0 Å². The summed E-state index contributed by atoms with van der Waals surface area (Å²) < 4.78 is 38.0. The van der Waals surface area contributed by atoms with Crippen LogP contribution in [0, 0.1) is 0 Å². The number of nitrogens with one attached hydrogen (secondary N) is 1. The molecule has 156 valence electrons. The average Bonchev–Trinajstić information content (AvgIpc) is 2.68. The number of piperazine rings is 1. The van der Waals surface area contributed by atoms with Gasteiger partial charge in [-0.1, -0.05) is 31.4 Å². The van der Waals surface area contributed by atoms with Gasteiger partial charge >= 0.3 is 6.18 Å². The van der Waals surface area contributed by atoms with E-state index in [1.807, 2.05) is 6.92 Å². The largest absolute Gasteiger partial charge is 0.416 e. The van der Waals surface area contributed by atoms with E-state index < -0.39 is 11.7 Å². The Bertz CT molecular complexity index is 633. The van der Waals surface area contributed by atoms with Crippen molar-refractivity contribution in [1.29, 1.82) is 0 Å². The molecular formula is C21H30F3N3O. The predicted molar refractivity (Wildman–Crippen MR) is 103 cm³/mol. The van der Waals surface area contributed by atoms with E-state index in [0.29, 0.717) is 12.6 Å². The zero-order valence-corrected chi connectivity index (χ0v) is 16.5. The summed E-state index contributed by atoms with van der Waals surface area (Å²) in [6, 6.07) is 5.57. The van der Waals surface area contributed by atoms with Crippen molar-refractivity contribution in [3.63, 3.8) is 0 Å². The smallest absolute Gasteiger partial charge is 0.352 e. The minimum atomic E-state index is -4.29. The SMILES string of the molecule is C[C@H](C(=O)NC1CCCCC1)N1CCN(Cc2ccc(C(F)(F)F)cc2)CC1. The Morgan fingerprint density at radius 3 is 2.25 bits per heavy atom. The van der Waals surface area contributed by atoms with Gasteiger partial charge in [-0.05, 0) is 37.5 Å². The van der Waals surface area contributed by atoms with Crippen LogP contribution in [-0.4, -0.2) is 54.0 Å². The van der Waals surface area contributed by atoms with Gasteiger partial charge in [-0.2, -0.15) is 13.2 Å². The van der Waals surface area contributed by atoms with Gasteiger partial charge in [-0.3, -0.25) is 14.6 Å². The summed E-state index contributed by atoms with van der Waals surface area (Å²) in [5.74, 6) is 0.114. The summed E-state index contributed by atoms with van der Waals surface area (Å²) in [6.07, 6.45) is 1.53. The van der Waals surface area contributed by atoms with Gasteiger partial charge in [0.15, 0.2) is 0 Å². The lowest BCUT2D eigenvalue weighted by atomic mass is 9.95. The minimum Gasteiger partial charge on any atom is -0.352 e. The van der Waals surface area contributed by atoms with E-state index in [9.17, 15) is 18.0 Å². The number of hydrogen-bond donors (Lipinski definition) is 1. The molecule has 1 atom stereocenters. The predicted octanol–water partition coefficient (Wildman–Crippen LogP) is 3.66. The number of halogens is 3. The Balaban J connectivity index is 1.44. The molecule has 0 bridgehead atoms. The van der Waals surface area contributed by atoms with Crippen molar-refractivity contribution in [3.8, 4) is 0 Å². The number of alkyl halides is 3. The molecule has 0 unspecified atom stereocenters. The number of carbonyl (C=O) groups is 1. The lowest BCUT2D eigenvalue weighted by Gasteiger charge is -2.38. The van der Waals surface area contributed by atoms with Gasteiger partial charge in [0.2, 0.25) is 5.91 Å². The standard InChI is InChI=1S/C21H30F3N3O/c1-16(20(28)25-19-5-3-2-4-6-19)27-13-11-26(12-14-27)15-17-7-9-18(10-8-17)21(22,23)24/h7-10,16,19H,2-6,11-15H2,1H3,(H,25,28)/t16-/m1/s1. The van der Waals surface area contributed by atoms with Crippen molar-refractivity contribution in [3.05, 3.63) is 35.4 Å². The lowest BCUT2D eigenvalue weighted by molar-refractivity contribution is -0.137. The van der Waals surface area contributed by atoms with Crippen molar-refractivity contribution in [1.82, 2.24) is 15.1 Å². The molecule has 1 aliphatic carbocycles. The van der Waals surface area contributed by atoms with Gasteiger partial charge in [0.05, 0.1) is 11.6 Å². The van der Waals surface area contributed by atoms with E-state index in [4.69, 9.17) is 0 Å². The maximum Gasteiger partial charge on any atom is 0.416 e. The molecule has 0 spiro atoms. The first-order chi connectivity index (χ1) is 13.3. The van der Waals surface area contributed by atoms with Crippen molar-refractivity contribution in [2.45, 2.75) is 63.8 Å². The third-order valence-electron chi connectivity index (χ3n) is 5.97. The van der Waals surface area contributed by atoms with Crippen LogP contribution >= 0.6 is 0 Å². The second-order valence-electron chi connectivity index (χ2n) is 8.03. The van der Waals surface area contributed by atoms with Crippen molar-refractivity contribution in [2.24, 2.45) is 0 Å². The lowest BCUT2D eigenvalue weighted by Crippen LogP contribution is -2.54. The highest BCUT2D eigenvalue weighted by Crippen LogP contribution is 2.29. The van der Waals surface area contributed by atoms with Crippen molar-refractivity contribution < 1.29 is 18.0 Å². The van der Waals surface area contributed by atoms with Crippen molar-refractivity contribution in [2.75, 3.05) is 26.2 Å².